The number of nitrogens with one attached hydrogen (secondary N) is 1. The third-order valence-corrected chi connectivity index (χ3v) is 3.32. The molecule has 7 heteroatoms. The third-order valence-electron chi connectivity index (χ3n) is 1.96. The number of hydrogen-bond donors (Lipinski definition) is 2. The van der Waals surface area contributed by atoms with E-state index in [1.807, 2.05) is 0 Å². The van der Waals surface area contributed by atoms with Gasteiger partial charge in [0.25, 0.3) is 10.0 Å². The normalized spacial score (nSPS) is 13.7. The molecule has 90 valence electrons. The molecule has 0 aliphatic heterocycles. The minimum atomic E-state index is -3.99. The van der Waals surface area contributed by atoms with E-state index in [1.54, 1.807) is 6.92 Å². The van der Waals surface area contributed by atoms with Gasteiger partial charge < -0.3 is 5.11 Å². The molecule has 0 aromatic carbocycles. The lowest BCUT2D eigenvalue weighted by atomic mass is 10.3. The Morgan fingerprint density at radius 2 is 2.31 bits per heavy atom. The molecule has 1 rings (SSSR count). The van der Waals surface area contributed by atoms with Crippen LogP contribution in [-0.4, -0.2) is 31.2 Å². The second kappa shape index (κ2) is 5.33. The first-order chi connectivity index (χ1) is 7.47. The lowest BCUT2D eigenvalue weighted by molar-refractivity contribution is 0.174. The molecule has 0 amide bonds. The molecule has 1 aromatic rings. The predicted octanol–water partition coefficient (Wildman–Crippen LogP) is 0.270. The first-order valence-corrected chi connectivity index (χ1v) is 6.24. The molecule has 0 bridgehead atoms. The highest BCUT2D eigenvalue weighted by atomic mass is 32.2. The van der Waals surface area contributed by atoms with E-state index < -0.39 is 27.0 Å². The van der Waals surface area contributed by atoms with E-state index in [9.17, 15) is 17.9 Å². The standard InChI is InChI=1S/C9H13FN2O3S/c1-2-7(13)6-12-16(14,15)9-8(10)4-3-5-11-9/h3-5,7,12-13H,2,6H2,1H3. The van der Waals surface area contributed by atoms with Crippen LogP contribution in [-0.2, 0) is 10.0 Å². The summed E-state index contributed by atoms with van der Waals surface area (Å²) in [5.41, 5.74) is 0. The van der Waals surface area contributed by atoms with E-state index in [-0.39, 0.29) is 6.54 Å². The number of nitrogens with zero attached hydrogens (tertiary/aromatic N) is 1. The van der Waals surface area contributed by atoms with Crippen molar-refractivity contribution in [1.29, 1.82) is 0 Å². The topological polar surface area (TPSA) is 79.3 Å². The van der Waals surface area contributed by atoms with E-state index in [1.165, 1.54) is 12.3 Å². The number of hydrogen-bond acceptors (Lipinski definition) is 4. The number of halogens is 1. The summed E-state index contributed by atoms with van der Waals surface area (Å²) >= 11 is 0. The van der Waals surface area contributed by atoms with Crippen molar-refractivity contribution < 1.29 is 17.9 Å². The van der Waals surface area contributed by atoms with Crippen LogP contribution in [0.4, 0.5) is 4.39 Å². The average molecular weight is 248 g/mol. The molecule has 0 aliphatic rings. The summed E-state index contributed by atoms with van der Waals surface area (Å²) in [7, 11) is -3.99. The van der Waals surface area contributed by atoms with Gasteiger partial charge in [-0.2, -0.15) is 0 Å². The fourth-order valence-corrected chi connectivity index (χ4v) is 2.06. The van der Waals surface area contributed by atoms with Crippen molar-refractivity contribution in [3.8, 4) is 0 Å². The molecular weight excluding hydrogens is 235 g/mol. The molecular formula is C9H13FN2O3S. The summed E-state index contributed by atoms with van der Waals surface area (Å²) in [5, 5.41) is 8.54. The minimum absolute atomic E-state index is 0.158. The summed E-state index contributed by atoms with van der Waals surface area (Å²) < 4.78 is 38.3. The van der Waals surface area contributed by atoms with Crippen molar-refractivity contribution in [3.05, 3.63) is 24.1 Å². The summed E-state index contributed by atoms with van der Waals surface area (Å²) in [6, 6.07) is 2.31. The fourth-order valence-electron chi connectivity index (χ4n) is 0.988. The van der Waals surface area contributed by atoms with Gasteiger partial charge in [0.05, 0.1) is 6.10 Å². The quantitative estimate of drug-likeness (QED) is 0.784. The zero-order chi connectivity index (χ0) is 12.2. The van der Waals surface area contributed by atoms with Crippen molar-refractivity contribution in [3.63, 3.8) is 0 Å². The Kier molecular flexibility index (Phi) is 4.34. The maximum absolute atomic E-state index is 13.1. The number of pyridine rings is 1. The fraction of sp³-hybridized carbons (Fsp3) is 0.444. The Labute approximate surface area is 93.4 Å². The van der Waals surface area contributed by atoms with Gasteiger partial charge in [-0.3, -0.25) is 0 Å². The molecule has 1 heterocycles. The van der Waals surface area contributed by atoms with Crippen LogP contribution in [0.25, 0.3) is 0 Å². The lowest BCUT2D eigenvalue weighted by Crippen LogP contribution is -2.32. The molecule has 1 aromatic heterocycles. The molecule has 1 unspecified atom stereocenters. The monoisotopic (exact) mass is 248 g/mol. The Hall–Kier alpha value is -1.05. The van der Waals surface area contributed by atoms with Gasteiger partial charge in [-0.25, -0.2) is 22.5 Å². The Bertz CT molecular complexity index is 450. The lowest BCUT2D eigenvalue weighted by Gasteiger charge is -2.09. The zero-order valence-corrected chi connectivity index (χ0v) is 9.54. The molecule has 0 aliphatic carbocycles. The Morgan fingerprint density at radius 3 is 2.88 bits per heavy atom. The number of aromatic nitrogens is 1. The van der Waals surface area contributed by atoms with Gasteiger partial charge in [0.1, 0.15) is 0 Å². The number of aliphatic hydroxyl groups excluding tert-OH is 1. The van der Waals surface area contributed by atoms with Gasteiger partial charge in [0.15, 0.2) is 5.82 Å². The van der Waals surface area contributed by atoms with E-state index >= 15 is 0 Å². The highest BCUT2D eigenvalue weighted by Crippen LogP contribution is 2.09. The first kappa shape index (κ1) is 13.0. The van der Waals surface area contributed by atoms with Crippen molar-refractivity contribution >= 4 is 10.0 Å². The molecule has 5 nitrogen and oxygen atoms in total. The molecule has 0 fully saturated rings. The second-order valence-electron chi connectivity index (χ2n) is 3.20. The van der Waals surface area contributed by atoms with Gasteiger partial charge in [-0.05, 0) is 18.6 Å². The molecule has 0 spiro atoms. The smallest absolute Gasteiger partial charge is 0.261 e. The highest BCUT2D eigenvalue weighted by molar-refractivity contribution is 7.89. The minimum Gasteiger partial charge on any atom is -0.392 e. The molecule has 0 saturated heterocycles. The molecule has 16 heavy (non-hydrogen) atoms. The van der Waals surface area contributed by atoms with Crippen molar-refractivity contribution in [2.24, 2.45) is 0 Å². The van der Waals surface area contributed by atoms with Crippen molar-refractivity contribution in [2.45, 2.75) is 24.5 Å². The van der Waals surface area contributed by atoms with E-state index in [4.69, 9.17) is 0 Å². The van der Waals surface area contributed by atoms with Crippen molar-refractivity contribution in [2.75, 3.05) is 6.54 Å². The van der Waals surface area contributed by atoms with Gasteiger partial charge >= 0.3 is 0 Å². The SMILES string of the molecule is CCC(O)CNS(=O)(=O)c1ncccc1F. The average Bonchev–Trinajstić information content (AvgIpc) is 2.26. The van der Waals surface area contributed by atoms with Crippen LogP contribution in [0.2, 0.25) is 0 Å². The van der Waals surface area contributed by atoms with Gasteiger partial charge in [-0.15, -0.1) is 0 Å². The number of sulfonamides is 1. The molecule has 0 radical (unpaired) electrons. The summed E-state index contributed by atoms with van der Waals surface area (Å²) in [6.45, 7) is 1.55. The van der Waals surface area contributed by atoms with Crippen LogP contribution in [0.5, 0.6) is 0 Å². The van der Waals surface area contributed by atoms with Crippen LogP contribution >= 0.6 is 0 Å². The largest absolute Gasteiger partial charge is 0.392 e. The zero-order valence-electron chi connectivity index (χ0n) is 8.72. The maximum Gasteiger partial charge on any atom is 0.261 e. The Morgan fingerprint density at radius 1 is 1.62 bits per heavy atom. The third kappa shape index (κ3) is 3.22. The van der Waals surface area contributed by atoms with E-state index in [0.717, 1.165) is 6.07 Å². The number of rotatable bonds is 5. The second-order valence-corrected chi connectivity index (χ2v) is 4.89. The summed E-state index contributed by atoms with van der Waals surface area (Å²) in [4.78, 5) is 3.45. The van der Waals surface area contributed by atoms with Gasteiger partial charge in [0, 0.05) is 12.7 Å². The molecule has 0 saturated carbocycles. The highest BCUT2D eigenvalue weighted by Gasteiger charge is 2.20. The van der Waals surface area contributed by atoms with Crippen LogP contribution in [0.3, 0.4) is 0 Å². The van der Waals surface area contributed by atoms with Crippen LogP contribution in [0.1, 0.15) is 13.3 Å². The van der Waals surface area contributed by atoms with Crippen molar-refractivity contribution in [1.82, 2.24) is 9.71 Å². The predicted molar refractivity (Wildman–Crippen MR) is 55.7 cm³/mol. The van der Waals surface area contributed by atoms with E-state index in [0.29, 0.717) is 6.42 Å². The summed E-state index contributed by atoms with van der Waals surface area (Å²) in [6.07, 6.45) is 0.808. The summed E-state index contributed by atoms with van der Waals surface area (Å²) in [5.74, 6) is -0.916. The van der Waals surface area contributed by atoms with E-state index in [2.05, 4.69) is 9.71 Å². The van der Waals surface area contributed by atoms with Gasteiger partial charge in [-0.1, -0.05) is 6.92 Å². The molecule has 2 N–H and O–H groups in total. The molecule has 1 atom stereocenters. The Balaban J connectivity index is 2.83. The van der Waals surface area contributed by atoms with Gasteiger partial charge in [0.2, 0.25) is 5.03 Å². The van der Waals surface area contributed by atoms with Crippen LogP contribution in [0, 0.1) is 5.82 Å². The van der Waals surface area contributed by atoms with Crippen LogP contribution in [0.15, 0.2) is 23.4 Å². The maximum atomic E-state index is 13.1. The van der Waals surface area contributed by atoms with Crippen LogP contribution < -0.4 is 4.72 Å². The first-order valence-electron chi connectivity index (χ1n) is 4.75. The number of aliphatic hydroxyl groups is 1.